The van der Waals surface area contributed by atoms with Crippen molar-refractivity contribution in [2.24, 2.45) is 5.92 Å². The van der Waals surface area contributed by atoms with E-state index in [1.54, 1.807) is 0 Å². The summed E-state index contributed by atoms with van der Waals surface area (Å²) in [6, 6.07) is 8.66. The summed E-state index contributed by atoms with van der Waals surface area (Å²) in [4.78, 5) is 2.12. The lowest BCUT2D eigenvalue weighted by atomic mass is 10.00. The van der Waals surface area contributed by atoms with Gasteiger partial charge in [0.25, 0.3) is 0 Å². The minimum atomic E-state index is 0.580. The van der Waals surface area contributed by atoms with Crippen LogP contribution in [0.4, 0.5) is 5.69 Å². The highest BCUT2D eigenvalue weighted by Crippen LogP contribution is 2.17. The van der Waals surface area contributed by atoms with E-state index >= 15 is 0 Å². The van der Waals surface area contributed by atoms with Gasteiger partial charge in [-0.3, -0.25) is 0 Å². The molecule has 0 atom stereocenters. The first-order chi connectivity index (χ1) is 8.04. The van der Waals surface area contributed by atoms with Crippen LogP contribution in [0.15, 0.2) is 29.8 Å². The quantitative estimate of drug-likeness (QED) is 0.839. The molecule has 2 nitrogen and oxygen atoms in total. The minimum absolute atomic E-state index is 0.580. The SMILES string of the molecule is CNCC(=Cc1ccc(N(C)C)cc1)C(C)C. The Hall–Kier alpha value is -1.28. The first-order valence-electron chi connectivity index (χ1n) is 6.17. The zero-order valence-electron chi connectivity index (χ0n) is 11.6. The van der Waals surface area contributed by atoms with Gasteiger partial charge < -0.3 is 10.2 Å². The molecule has 1 rings (SSSR count). The second kappa shape index (κ2) is 6.45. The molecule has 17 heavy (non-hydrogen) atoms. The fourth-order valence-electron chi connectivity index (χ4n) is 1.71. The Morgan fingerprint density at radius 1 is 1.24 bits per heavy atom. The standard InChI is InChI=1S/C15H24N2/c1-12(2)14(11-16-3)10-13-6-8-15(9-7-13)17(4)5/h6-10,12,16H,11H2,1-5H3. The molecule has 0 saturated carbocycles. The third-order valence-corrected chi connectivity index (χ3v) is 2.88. The van der Waals surface area contributed by atoms with Gasteiger partial charge >= 0.3 is 0 Å². The van der Waals surface area contributed by atoms with Gasteiger partial charge in [-0.15, -0.1) is 0 Å². The van der Waals surface area contributed by atoms with Crippen molar-refractivity contribution in [1.82, 2.24) is 5.32 Å². The largest absolute Gasteiger partial charge is 0.378 e. The Balaban J connectivity index is 2.88. The predicted octanol–water partition coefficient (Wildman–Crippen LogP) is 3.01. The van der Waals surface area contributed by atoms with Crippen molar-refractivity contribution < 1.29 is 0 Å². The van der Waals surface area contributed by atoms with Crippen LogP contribution < -0.4 is 10.2 Å². The van der Waals surface area contributed by atoms with E-state index in [4.69, 9.17) is 0 Å². The third kappa shape index (κ3) is 4.23. The van der Waals surface area contributed by atoms with E-state index in [0.717, 1.165) is 6.54 Å². The van der Waals surface area contributed by atoms with Crippen LogP contribution >= 0.6 is 0 Å². The second-order valence-corrected chi connectivity index (χ2v) is 4.89. The Bertz CT molecular complexity index is 361. The summed E-state index contributed by atoms with van der Waals surface area (Å²) in [7, 11) is 6.11. The zero-order chi connectivity index (χ0) is 12.8. The molecule has 0 aliphatic heterocycles. The molecule has 0 heterocycles. The van der Waals surface area contributed by atoms with Crippen LogP contribution in [0, 0.1) is 5.92 Å². The van der Waals surface area contributed by atoms with Crippen molar-refractivity contribution in [2.45, 2.75) is 13.8 Å². The summed E-state index contributed by atoms with van der Waals surface area (Å²) in [5.74, 6) is 0.580. The number of rotatable bonds is 5. The first-order valence-corrected chi connectivity index (χ1v) is 6.17. The van der Waals surface area contributed by atoms with E-state index in [0.29, 0.717) is 5.92 Å². The Morgan fingerprint density at radius 2 is 1.82 bits per heavy atom. The van der Waals surface area contributed by atoms with Crippen molar-refractivity contribution >= 4 is 11.8 Å². The molecule has 0 radical (unpaired) electrons. The van der Waals surface area contributed by atoms with Gasteiger partial charge in [-0.2, -0.15) is 0 Å². The van der Waals surface area contributed by atoms with Crippen molar-refractivity contribution in [1.29, 1.82) is 0 Å². The molecule has 1 aromatic carbocycles. The maximum Gasteiger partial charge on any atom is 0.0361 e. The van der Waals surface area contributed by atoms with Crippen molar-refractivity contribution in [3.8, 4) is 0 Å². The molecular weight excluding hydrogens is 208 g/mol. The summed E-state index contributed by atoms with van der Waals surface area (Å²) < 4.78 is 0. The highest BCUT2D eigenvalue weighted by Gasteiger charge is 2.02. The molecule has 0 saturated heterocycles. The summed E-state index contributed by atoms with van der Waals surface area (Å²) in [5.41, 5.74) is 3.95. The number of anilines is 1. The molecule has 0 fully saturated rings. The maximum absolute atomic E-state index is 3.22. The highest BCUT2D eigenvalue weighted by atomic mass is 15.1. The van der Waals surface area contributed by atoms with Crippen LogP contribution in [-0.4, -0.2) is 27.7 Å². The summed E-state index contributed by atoms with van der Waals surface area (Å²) in [6.45, 7) is 5.42. The summed E-state index contributed by atoms with van der Waals surface area (Å²) in [6.07, 6.45) is 2.28. The minimum Gasteiger partial charge on any atom is -0.378 e. The molecule has 2 heteroatoms. The fourth-order valence-corrected chi connectivity index (χ4v) is 1.71. The number of hydrogen-bond donors (Lipinski definition) is 1. The van der Waals surface area contributed by atoms with Crippen LogP contribution in [0.2, 0.25) is 0 Å². The Kier molecular flexibility index (Phi) is 5.23. The molecule has 0 aliphatic rings. The van der Waals surface area contributed by atoms with Crippen LogP contribution in [0.5, 0.6) is 0 Å². The average molecular weight is 232 g/mol. The molecule has 0 bridgehead atoms. The lowest BCUT2D eigenvalue weighted by Crippen LogP contribution is -2.13. The van der Waals surface area contributed by atoms with Gasteiger partial charge in [-0.1, -0.05) is 37.6 Å². The van der Waals surface area contributed by atoms with Crippen molar-refractivity contribution in [3.63, 3.8) is 0 Å². The van der Waals surface area contributed by atoms with E-state index in [1.807, 2.05) is 7.05 Å². The monoisotopic (exact) mass is 232 g/mol. The topological polar surface area (TPSA) is 15.3 Å². The number of hydrogen-bond acceptors (Lipinski definition) is 2. The molecule has 0 aliphatic carbocycles. The number of benzene rings is 1. The van der Waals surface area contributed by atoms with E-state index < -0.39 is 0 Å². The van der Waals surface area contributed by atoms with Gasteiger partial charge in [0, 0.05) is 26.3 Å². The van der Waals surface area contributed by atoms with Crippen molar-refractivity contribution in [3.05, 3.63) is 35.4 Å². The van der Waals surface area contributed by atoms with Crippen molar-refractivity contribution in [2.75, 3.05) is 32.6 Å². The third-order valence-electron chi connectivity index (χ3n) is 2.88. The van der Waals surface area contributed by atoms with Gasteiger partial charge in [0.15, 0.2) is 0 Å². The van der Waals surface area contributed by atoms with Crippen LogP contribution in [0.25, 0.3) is 6.08 Å². The predicted molar refractivity (Wildman–Crippen MR) is 77.5 cm³/mol. The van der Waals surface area contributed by atoms with Gasteiger partial charge in [0.1, 0.15) is 0 Å². The zero-order valence-corrected chi connectivity index (χ0v) is 11.6. The molecule has 1 N–H and O–H groups in total. The van der Waals surface area contributed by atoms with Gasteiger partial charge in [-0.05, 0) is 30.7 Å². The summed E-state index contributed by atoms with van der Waals surface area (Å²) in [5, 5.41) is 3.22. The molecule has 0 amide bonds. The summed E-state index contributed by atoms with van der Waals surface area (Å²) >= 11 is 0. The fraction of sp³-hybridized carbons (Fsp3) is 0.467. The highest BCUT2D eigenvalue weighted by molar-refractivity contribution is 5.58. The number of likely N-dealkylation sites (N-methyl/N-ethyl adjacent to an activating group) is 1. The van der Waals surface area contributed by atoms with E-state index in [9.17, 15) is 0 Å². The lowest BCUT2D eigenvalue weighted by molar-refractivity contribution is 0.713. The van der Waals surface area contributed by atoms with E-state index in [-0.39, 0.29) is 0 Å². The normalized spacial score (nSPS) is 12.0. The molecule has 0 aromatic heterocycles. The maximum atomic E-state index is 3.22. The van der Waals surface area contributed by atoms with Crippen LogP contribution in [0.3, 0.4) is 0 Å². The Labute approximate surface area is 105 Å². The van der Waals surface area contributed by atoms with E-state index in [1.165, 1.54) is 16.8 Å². The van der Waals surface area contributed by atoms with Gasteiger partial charge in [-0.25, -0.2) is 0 Å². The first kappa shape index (κ1) is 13.8. The molecule has 0 spiro atoms. The van der Waals surface area contributed by atoms with Crippen LogP contribution in [-0.2, 0) is 0 Å². The number of nitrogens with zero attached hydrogens (tertiary/aromatic N) is 1. The molecule has 1 aromatic rings. The lowest BCUT2D eigenvalue weighted by Gasteiger charge is -2.13. The van der Waals surface area contributed by atoms with Gasteiger partial charge in [0.2, 0.25) is 0 Å². The molecule has 94 valence electrons. The molecule has 0 unspecified atom stereocenters. The average Bonchev–Trinajstić information content (AvgIpc) is 2.29. The Morgan fingerprint density at radius 3 is 2.24 bits per heavy atom. The number of nitrogens with one attached hydrogen (secondary N) is 1. The smallest absolute Gasteiger partial charge is 0.0361 e. The second-order valence-electron chi connectivity index (χ2n) is 4.89. The van der Waals surface area contributed by atoms with Crippen LogP contribution in [0.1, 0.15) is 19.4 Å². The molecular formula is C15H24N2. The van der Waals surface area contributed by atoms with E-state index in [2.05, 4.69) is 68.5 Å². The van der Waals surface area contributed by atoms with Gasteiger partial charge in [0.05, 0.1) is 0 Å².